The monoisotopic (exact) mass is 216 g/mol. The van der Waals surface area contributed by atoms with Crippen LogP contribution in [0.3, 0.4) is 0 Å². The molecule has 0 radical (unpaired) electrons. The fourth-order valence-electron chi connectivity index (χ4n) is 1.41. The van der Waals surface area contributed by atoms with Gasteiger partial charge in [0.25, 0.3) is 0 Å². The SMILES string of the molecule is CC(C)CNC(=S)N1CCOC(C)C1. The fourth-order valence-corrected chi connectivity index (χ4v) is 1.66. The lowest BCUT2D eigenvalue weighted by Crippen LogP contribution is -2.49. The van der Waals surface area contributed by atoms with Crippen molar-refractivity contribution in [2.45, 2.75) is 26.9 Å². The minimum absolute atomic E-state index is 0.294. The Bertz CT molecular complexity index is 197. The standard InChI is InChI=1S/C10H20N2OS/c1-8(2)6-11-10(14)12-4-5-13-9(3)7-12/h8-9H,4-7H2,1-3H3,(H,11,14). The summed E-state index contributed by atoms with van der Waals surface area (Å²) in [5.74, 6) is 0.631. The van der Waals surface area contributed by atoms with E-state index in [9.17, 15) is 0 Å². The second-order valence-electron chi connectivity index (χ2n) is 4.21. The zero-order valence-electron chi connectivity index (χ0n) is 9.25. The molecule has 0 spiro atoms. The topological polar surface area (TPSA) is 24.5 Å². The van der Waals surface area contributed by atoms with Crippen LogP contribution in [0.1, 0.15) is 20.8 Å². The highest BCUT2D eigenvalue weighted by Gasteiger charge is 2.18. The van der Waals surface area contributed by atoms with Crippen molar-refractivity contribution in [1.82, 2.24) is 10.2 Å². The summed E-state index contributed by atoms with van der Waals surface area (Å²) in [5.41, 5.74) is 0. The number of nitrogens with one attached hydrogen (secondary N) is 1. The normalized spacial score (nSPS) is 22.6. The molecule has 1 heterocycles. The molecule has 1 fully saturated rings. The van der Waals surface area contributed by atoms with E-state index in [1.807, 2.05) is 0 Å². The molecule has 14 heavy (non-hydrogen) atoms. The summed E-state index contributed by atoms with van der Waals surface area (Å²) in [6.07, 6.45) is 0.294. The molecule has 0 saturated carbocycles. The highest BCUT2D eigenvalue weighted by molar-refractivity contribution is 7.80. The van der Waals surface area contributed by atoms with Crippen LogP contribution >= 0.6 is 12.2 Å². The summed E-state index contributed by atoms with van der Waals surface area (Å²) in [4.78, 5) is 2.19. The molecular weight excluding hydrogens is 196 g/mol. The lowest BCUT2D eigenvalue weighted by atomic mass is 10.2. The number of rotatable bonds is 2. The molecule has 0 bridgehead atoms. The Labute approximate surface area is 91.8 Å². The van der Waals surface area contributed by atoms with Crippen molar-refractivity contribution >= 4 is 17.3 Å². The quantitative estimate of drug-likeness (QED) is 0.702. The summed E-state index contributed by atoms with van der Waals surface area (Å²) < 4.78 is 5.45. The third kappa shape index (κ3) is 3.80. The molecule has 0 aromatic rings. The molecule has 1 rings (SSSR count). The van der Waals surface area contributed by atoms with Gasteiger partial charge in [-0.05, 0) is 25.1 Å². The number of hydrogen-bond acceptors (Lipinski definition) is 2. The third-order valence-electron chi connectivity index (χ3n) is 2.19. The van der Waals surface area contributed by atoms with Crippen LogP contribution in [-0.2, 0) is 4.74 Å². The number of ether oxygens (including phenoxy) is 1. The lowest BCUT2D eigenvalue weighted by molar-refractivity contribution is 0.00552. The highest BCUT2D eigenvalue weighted by Crippen LogP contribution is 2.04. The molecule has 0 aliphatic carbocycles. The Balaban J connectivity index is 2.29. The third-order valence-corrected chi connectivity index (χ3v) is 2.59. The average Bonchev–Trinajstić information content (AvgIpc) is 2.14. The van der Waals surface area contributed by atoms with Crippen molar-refractivity contribution < 1.29 is 4.74 Å². The summed E-state index contributed by atoms with van der Waals surface area (Å²) in [5, 5.41) is 4.14. The van der Waals surface area contributed by atoms with Crippen LogP contribution in [-0.4, -0.2) is 42.4 Å². The van der Waals surface area contributed by atoms with Crippen molar-refractivity contribution in [1.29, 1.82) is 0 Å². The largest absolute Gasteiger partial charge is 0.375 e. The summed E-state index contributed by atoms with van der Waals surface area (Å²) in [6, 6.07) is 0. The van der Waals surface area contributed by atoms with Gasteiger partial charge in [-0.2, -0.15) is 0 Å². The van der Waals surface area contributed by atoms with E-state index in [0.29, 0.717) is 12.0 Å². The smallest absolute Gasteiger partial charge is 0.169 e. The van der Waals surface area contributed by atoms with Crippen molar-refractivity contribution in [2.24, 2.45) is 5.92 Å². The molecule has 1 unspecified atom stereocenters. The Morgan fingerprint density at radius 3 is 2.93 bits per heavy atom. The summed E-state index contributed by atoms with van der Waals surface area (Å²) in [7, 11) is 0. The lowest BCUT2D eigenvalue weighted by Gasteiger charge is -2.33. The van der Waals surface area contributed by atoms with E-state index in [0.717, 1.165) is 31.4 Å². The van der Waals surface area contributed by atoms with Gasteiger partial charge in [-0.1, -0.05) is 13.8 Å². The van der Waals surface area contributed by atoms with Gasteiger partial charge < -0.3 is 15.0 Å². The maximum Gasteiger partial charge on any atom is 0.169 e. The summed E-state index contributed by atoms with van der Waals surface area (Å²) in [6.45, 7) is 9.99. The van der Waals surface area contributed by atoms with E-state index < -0.39 is 0 Å². The zero-order valence-corrected chi connectivity index (χ0v) is 10.1. The van der Waals surface area contributed by atoms with E-state index in [2.05, 4.69) is 31.0 Å². The van der Waals surface area contributed by atoms with Crippen LogP contribution in [0, 0.1) is 5.92 Å². The molecule has 1 N–H and O–H groups in total. The van der Waals surface area contributed by atoms with E-state index in [1.54, 1.807) is 0 Å². The van der Waals surface area contributed by atoms with Crippen LogP contribution in [0.25, 0.3) is 0 Å². The predicted molar refractivity (Wildman–Crippen MR) is 62.4 cm³/mol. The van der Waals surface area contributed by atoms with Crippen LogP contribution in [0.5, 0.6) is 0 Å². The minimum Gasteiger partial charge on any atom is -0.375 e. The van der Waals surface area contributed by atoms with Gasteiger partial charge in [-0.15, -0.1) is 0 Å². The van der Waals surface area contributed by atoms with Gasteiger partial charge >= 0.3 is 0 Å². The van der Waals surface area contributed by atoms with E-state index in [4.69, 9.17) is 17.0 Å². The second-order valence-corrected chi connectivity index (χ2v) is 4.59. The fraction of sp³-hybridized carbons (Fsp3) is 0.900. The van der Waals surface area contributed by atoms with Crippen LogP contribution in [0.2, 0.25) is 0 Å². The highest BCUT2D eigenvalue weighted by atomic mass is 32.1. The minimum atomic E-state index is 0.294. The molecule has 3 nitrogen and oxygen atoms in total. The van der Waals surface area contributed by atoms with Gasteiger partial charge in [0.15, 0.2) is 5.11 Å². The average molecular weight is 216 g/mol. The number of hydrogen-bond donors (Lipinski definition) is 1. The molecular formula is C10H20N2OS. The first kappa shape index (κ1) is 11.7. The maximum atomic E-state index is 5.45. The van der Waals surface area contributed by atoms with Gasteiger partial charge in [0, 0.05) is 19.6 Å². The van der Waals surface area contributed by atoms with E-state index >= 15 is 0 Å². The molecule has 0 aromatic heterocycles. The van der Waals surface area contributed by atoms with Gasteiger partial charge in [0.1, 0.15) is 0 Å². The van der Waals surface area contributed by atoms with Gasteiger partial charge in [-0.25, -0.2) is 0 Å². The Hall–Kier alpha value is -0.350. The van der Waals surface area contributed by atoms with Crippen molar-refractivity contribution in [3.63, 3.8) is 0 Å². The van der Waals surface area contributed by atoms with Gasteiger partial charge in [0.05, 0.1) is 12.7 Å². The Morgan fingerprint density at radius 2 is 2.36 bits per heavy atom. The van der Waals surface area contributed by atoms with E-state index in [-0.39, 0.29) is 0 Å². The second kappa shape index (κ2) is 5.51. The molecule has 0 amide bonds. The summed E-state index contributed by atoms with van der Waals surface area (Å²) >= 11 is 5.30. The number of nitrogens with zero attached hydrogens (tertiary/aromatic N) is 1. The predicted octanol–water partition coefficient (Wildman–Crippen LogP) is 1.24. The van der Waals surface area contributed by atoms with E-state index in [1.165, 1.54) is 0 Å². The maximum absolute atomic E-state index is 5.45. The van der Waals surface area contributed by atoms with Gasteiger partial charge in [-0.3, -0.25) is 0 Å². The molecule has 82 valence electrons. The number of morpholine rings is 1. The molecule has 1 aliphatic heterocycles. The van der Waals surface area contributed by atoms with Crippen molar-refractivity contribution in [3.05, 3.63) is 0 Å². The van der Waals surface area contributed by atoms with Crippen LogP contribution in [0.15, 0.2) is 0 Å². The molecule has 1 aliphatic rings. The van der Waals surface area contributed by atoms with Crippen molar-refractivity contribution in [2.75, 3.05) is 26.2 Å². The Morgan fingerprint density at radius 1 is 1.64 bits per heavy atom. The van der Waals surface area contributed by atoms with Gasteiger partial charge in [0.2, 0.25) is 0 Å². The molecule has 0 aromatic carbocycles. The number of thiocarbonyl (C=S) groups is 1. The first-order valence-electron chi connectivity index (χ1n) is 5.24. The molecule has 1 atom stereocenters. The van der Waals surface area contributed by atoms with Crippen molar-refractivity contribution in [3.8, 4) is 0 Å². The first-order valence-corrected chi connectivity index (χ1v) is 5.64. The molecule has 1 saturated heterocycles. The molecule has 4 heteroatoms. The zero-order chi connectivity index (χ0) is 10.6. The Kier molecular flexibility index (Phi) is 4.62. The first-order chi connectivity index (χ1) is 6.59. The van der Waals surface area contributed by atoms with Crippen LogP contribution in [0.4, 0.5) is 0 Å². The van der Waals surface area contributed by atoms with Crippen LogP contribution < -0.4 is 5.32 Å².